The molecule has 0 amide bonds. The Morgan fingerprint density at radius 2 is 2.24 bits per heavy atom. The highest BCUT2D eigenvalue weighted by molar-refractivity contribution is 7.99. The van der Waals surface area contributed by atoms with Crippen LogP contribution in [0.15, 0.2) is 12.4 Å². The van der Waals surface area contributed by atoms with E-state index in [4.69, 9.17) is 0 Å². The van der Waals surface area contributed by atoms with Gasteiger partial charge in [0, 0.05) is 11.8 Å². The van der Waals surface area contributed by atoms with Crippen molar-refractivity contribution >= 4 is 23.4 Å². The molecule has 17 heavy (non-hydrogen) atoms. The Balaban J connectivity index is 1.84. The third-order valence-electron chi connectivity index (χ3n) is 2.61. The Bertz CT molecular complexity index is 378. The summed E-state index contributed by atoms with van der Waals surface area (Å²) in [5.74, 6) is 1.68. The summed E-state index contributed by atoms with van der Waals surface area (Å²) in [5, 5.41) is 14.1. The van der Waals surface area contributed by atoms with E-state index in [9.17, 15) is 10.1 Å². The van der Waals surface area contributed by atoms with Crippen LogP contribution in [0.5, 0.6) is 0 Å². The summed E-state index contributed by atoms with van der Waals surface area (Å²) >= 11 is 1.96. The first-order chi connectivity index (χ1) is 8.25. The van der Waals surface area contributed by atoms with Crippen molar-refractivity contribution < 1.29 is 4.92 Å². The molecule has 1 unspecified atom stereocenters. The van der Waals surface area contributed by atoms with Crippen LogP contribution >= 0.6 is 11.8 Å². The Morgan fingerprint density at radius 3 is 2.82 bits per heavy atom. The van der Waals surface area contributed by atoms with Gasteiger partial charge in [0.1, 0.15) is 12.4 Å². The summed E-state index contributed by atoms with van der Waals surface area (Å²) in [4.78, 5) is 17.7. The molecule has 7 heteroatoms. The minimum atomic E-state index is -0.499. The van der Waals surface area contributed by atoms with Gasteiger partial charge in [0.25, 0.3) is 0 Å². The highest BCUT2D eigenvalue weighted by atomic mass is 32.2. The molecular weight excluding hydrogens is 240 g/mol. The van der Waals surface area contributed by atoms with Crippen LogP contribution in [0.1, 0.15) is 19.3 Å². The lowest BCUT2D eigenvalue weighted by molar-refractivity contribution is -0.385. The minimum absolute atomic E-state index is 0.0809. The monoisotopic (exact) mass is 254 g/mol. The molecule has 0 bridgehead atoms. The maximum Gasteiger partial charge on any atom is 0.305 e. The molecule has 2 heterocycles. The van der Waals surface area contributed by atoms with Gasteiger partial charge >= 0.3 is 5.69 Å². The average Bonchev–Trinajstić information content (AvgIpc) is 2.38. The quantitative estimate of drug-likeness (QED) is 0.654. The topological polar surface area (TPSA) is 81.0 Å². The molecule has 2 rings (SSSR count). The van der Waals surface area contributed by atoms with Gasteiger partial charge in [-0.05, 0) is 18.6 Å². The number of aromatic nitrogens is 2. The van der Waals surface area contributed by atoms with Gasteiger partial charge < -0.3 is 5.32 Å². The van der Waals surface area contributed by atoms with Crippen LogP contribution in [-0.4, -0.2) is 32.4 Å². The molecule has 0 spiro atoms. The number of hydrogen-bond donors (Lipinski definition) is 1. The molecule has 1 aliphatic heterocycles. The van der Waals surface area contributed by atoms with Crippen LogP contribution in [-0.2, 0) is 0 Å². The second-order valence-electron chi connectivity index (χ2n) is 3.89. The van der Waals surface area contributed by atoms with E-state index >= 15 is 0 Å². The van der Waals surface area contributed by atoms with Gasteiger partial charge in [0.05, 0.1) is 4.92 Å². The fourth-order valence-corrected chi connectivity index (χ4v) is 2.92. The van der Waals surface area contributed by atoms with Crippen LogP contribution in [0.2, 0.25) is 0 Å². The molecule has 0 aliphatic carbocycles. The van der Waals surface area contributed by atoms with Crippen molar-refractivity contribution in [1.29, 1.82) is 0 Å². The van der Waals surface area contributed by atoms with E-state index in [1.807, 2.05) is 11.8 Å². The van der Waals surface area contributed by atoms with Crippen LogP contribution in [0.3, 0.4) is 0 Å². The smallest absolute Gasteiger partial charge is 0.305 e. The van der Waals surface area contributed by atoms with Crippen molar-refractivity contribution in [1.82, 2.24) is 9.97 Å². The van der Waals surface area contributed by atoms with Gasteiger partial charge in [-0.2, -0.15) is 11.8 Å². The van der Waals surface area contributed by atoms with E-state index in [1.54, 1.807) is 0 Å². The van der Waals surface area contributed by atoms with Crippen LogP contribution in [0, 0.1) is 10.1 Å². The lowest BCUT2D eigenvalue weighted by Gasteiger charge is -2.21. The molecule has 1 fully saturated rings. The van der Waals surface area contributed by atoms with E-state index in [0.717, 1.165) is 6.54 Å². The van der Waals surface area contributed by atoms with Crippen molar-refractivity contribution in [2.24, 2.45) is 0 Å². The summed E-state index contributed by atoms with van der Waals surface area (Å²) in [6.45, 7) is 0.822. The SMILES string of the molecule is O=[N+]([O-])c1cnc(NCC2CCCCS2)nc1. The molecule has 6 nitrogen and oxygen atoms in total. The van der Waals surface area contributed by atoms with Crippen molar-refractivity contribution in [2.75, 3.05) is 17.6 Å². The molecule has 1 N–H and O–H groups in total. The number of hydrogen-bond acceptors (Lipinski definition) is 6. The predicted octanol–water partition coefficient (Wildman–Crippen LogP) is 2.08. The molecule has 0 radical (unpaired) electrons. The van der Waals surface area contributed by atoms with E-state index in [2.05, 4.69) is 15.3 Å². The van der Waals surface area contributed by atoms with Crippen LogP contribution in [0.25, 0.3) is 0 Å². The maximum atomic E-state index is 10.4. The van der Waals surface area contributed by atoms with Crippen molar-refractivity contribution in [3.05, 3.63) is 22.5 Å². The van der Waals surface area contributed by atoms with Crippen molar-refractivity contribution in [3.8, 4) is 0 Å². The summed E-state index contributed by atoms with van der Waals surface area (Å²) < 4.78 is 0. The number of thioether (sulfide) groups is 1. The van der Waals surface area contributed by atoms with Gasteiger partial charge in [-0.15, -0.1) is 0 Å². The molecule has 1 aromatic rings. The Kier molecular flexibility index (Phi) is 4.13. The maximum absolute atomic E-state index is 10.4. The number of anilines is 1. The first-order valence-electron chi connectivity index (χ1n) is 5.57. The van der Waals surface area contributed by atoms with Crippen LogP contribution < -0.4 is 5.32 Å². The van der Waals surface area contributed by atoms with E-state index in [-0.39, 0.29) is 5.69 Å². The molecular formula is C10H14N4O2S. The van der Waals surface area contributed by atoms with E-state index < -0.39 is 4.92 Å². The molecule has 92 valence electrons. The fraction of sp³-hybridized carbons (Fsp3) is 0.600. The Hall–Kier alpha value is -1.37. The number of rotatable bonds is 4. The lowest BCUT2D eigenvalue weighted by atomic mass is 10.2. The molecule has 0 aromatic carbocycles. The summed E-state index contributed by atoms with van der Waals surface area (Å²) in [6, 6.07) is 0. The zero-order valence-electron chi connectivity index (χ0n) is 9.33. The standard InChI is InChI=1S/C10H14N4O2S/c15-14(16)8-5-11-10(12-6-8)13-7-9-3-1-2-4-17-9/h5-6,9H,1-4,7H2,(H,11,12,13). The first-order valence-corrected chi connectivity index (χ1v) is 6.62. The van der Waals surface area contributed by atoms with Crippen LogP contribution in [0.4, 0.5) is 11.6 Å². The first kappa shape index (κ1) is 12.1. The summed E-state index contributed by atoms with van der Waals surface area (Å²) in [5.41, 5.74) is -0.0809. The summed E-state index contributed by atoms with van der Waals surface area (Å²) in [6.07, 6.45) is 6.24. The number of nitrogens with zero attached hydrogens (tertiary/aromatic N) is 3. The number of nitro groups is 1. The van der Waals surface area contributed by atoms with Gasteiger partial charge in [0.15, 0.2) is 0 Å². The summed E-state index contributed by atoms with van der Waals surface area (Å²) in [7, 11) is 0. The normalized spacial score (nSPS) is 19.9. The highest BCUT2D eigenvalue weighted by Crippen LogP contribution is 2.24. The Morgan fingerprint density at radius 1 is 1.47 bits per heavy atom. The van der Waals surface area contributed by atoms with Gasteiger partial charge in [-0.1, -0.05) is 6.42 Å². The second kappa shape index (κ2) is 5.81. The predicted molar refractivity (Wildman–Crippen MR) is 67.3 cm³/mol. The molecule has 1 atom stereocenters. The number of nitrogens with one attached hydrogen (secondary N) is 1. The van der Waals surface area contributed by atoms with Crippen molar-refractivity contribution in [3.63, 3.8) is 0 Å². The second-order valence-corrected chi connectivity index (χ2v) is 5.30. The molecule has 0 saturated carbocycles. The average molecular weight is 254 g/mol. The minimum Gasteiger partial charge on any atom is -0.353 e. The van der Waals surface area contributed by atoms with Gasteiger partial charge in [-0.3, -0.25) is 10.1 Å². The molecule has 1 saturated heterocycles. The van der Waals surface area contributed by atoms with E-state index in [0.29, 0.717) is 11.2 Å². The van der Waals surface area contributed by atoms with Crippen molar-refractivity contribution in [2.45, 2.75) is 24.5 Å². The Labute approximate surface area is 103 Å². The highest BCUT2D eigenvalue weighted by Gasteiger charge is 2.14. The zero-order valence-corrected chi connectivity index (χ0v) is 10.2. The molecule has 1 aliphatic rings. The fourth-order valence-electron chi connectivity index (χ4n) is 1.68. The van der Waals surface area contributed by atoms with Gasteiger partial charge in [-0.25, -0.2) is 9.97 Å². The third kappa shape index (κ3) is 3.55. The molecule has 1 aromatic heterocycles. The largest absolute Gasteiger partial charge is 0.353 e. The third-order valence-corrected chi connectivity index (χ3v) is 4.01. The van der Waals surface area contributed by atoms with Gasteiger partial charge in [0.2, 0.25) is 5.95 Å². The zero-order chi connectivity index (χ0) is 12.1. The van der Waals surface area contributed by atoms with E-state index in [1.165, 1.54) is 37.4 Å². The lowest BCUT2D eigenvalue weighted by Crippen LogP contribution is -2.20.